The smallest absolute Gasteiger partial charge is 0.315 e. The van der Waals surface area contributed by atoms with Crippen molar-refractivity contribution >= 4 is 23.5 Å². The summed E-state index contributed by atoms with van der Waals surface area (Å²) in [7, 11) is 0. The number of hydrogen-bond donors (Lipinski definition) is 2. The normalized spacial score (nSPS) is 17.9. The van der Waals surface area contributed by atoms with Crippen LogP contribution in [-0.4, -0.2) is 42.0 Å². The van der Waals surface area contributed by atoms with Gasteiger partial charge in [-0.2, -0.15) is 0 Å². The highest BCUT2D eigenvalue weighted by Crippen LogP contribution is 2.15. The average Bonchev–Trinajstić information content (AvgIpc) is 2.75. The molecule has 1 fully saturated rings. The van der Waals surface area contributed by atoms with Crippen LogP contribution in [0, 0.1) is 0 Å². The molecule has 6 heteroatoms. The molecule has 2 N–H and O–H groups in total. The molecular weight excluding hydrogens is 302 g/mol. The van der Waals surface area contributed by atoms with Gasteiger partial charge in [0.1, 0.15) is 0 Å². The van der Waals surface area contributed by atoms with Crippen LogP contribution in [-0.2, 0) is 11.2 Å². The monoisotopic (exact) mass is 323 g/mol. The van der Waals surface area contributed by atoms with E-state index in [1.165, 1.54) is 0 Å². The largest absolute Gasteiger partial charge is 0.340 e. The van der Waals surface area contributed by atoms with Gasteiger partial charge in [0.2, 0.25) is 5.91 Å². The van der Waals surface area contributed by atoms with E-state index >= 15 is 0 Å². The molecule has 0 aliphatic carbocycles. The summed E-state index contributed by atoms with van der Waals surface area (Å²) in [5, 5.41) is 6.32. The fourth-order valence-electron chi connectivity index (χ4n) is 2.53. The predicted molar refractivity (Wildman–Crippen MR) is 86.9 cm³/mol. The summed E-state index contributed by atoms with van der Waals surface area (Å²) in [5.41, 5.74) is 1.11. The summed E-state index contributed by atoms with van der Waals surface area (Å²) in [6.45, 7) is 5.00. The second-order valence-corrected chi connectivity index (χ2v) is 6.33. The molecule has 1 aromatic carbocycles. The number of likely N-dealkylation sites (tertiary alicyclic amines) is 1. The molecule has 0 unspecified atom stereocenters. The van der Waals surface area contributed by atoms with E-state index in [0.29, 0.717) is 24.5 Å². The van der Waals surface area contributed by atoms with Gasteiger partial charge in [-0.3, -0.25) is 4.79 Å². The number of hydrogen-bond acceptors (Lipinski definition) is 2. The molecule has 5 nitrogen and oxygen atoms in total. The quantitative estimate of drug-likeness (QED) is 0.872. The Hall–Kier alpha value is -1.75. The zero-order valence-electron chi connectivity index (χ0n) is 12.9. The zero-order valence-corrected chi connectivity index (χ0v) is 13.7. The minimum atomic E-state index is -0.218. The first kappa shape index (κ1) is 16.6. The average molecular weight is 324 g/mol. The van der Waals surface area contributed by atoms with E-state index in [-0.39, 0.29) is 24.0 Å². The highest BCUT2D eigenvalue weighted by atomic mass is 35.5. The maximum atomic E-state index is 12.0. The van der Waals surface area contributed by atoms with E-state index in [0.717, 1.165) is 12.0 Å². The minimum Gasteiger partial charge on any atom is -0.340 e. The SMILES string of the molecule is CC(C)NC(=O)N[C@@H]1CC(=O)N(CCc2cccc(Cl)c2)C1. The Labute approximate surface area is 136 Å². The third-order valence-corrected chi connectivity index (χ3v) is 3.76. The topological polar surface area (TPSA) is 61.4 Å². The summed E-state index contributed by atoms with van der Waals surface area (Å²) in [6, 6.07) is 7.39. The van der Waals surface area contributed by atoms with Crippen LogP contribution < -0.4 is 10.6 Å². The van der Waals surface area contributed by atoms with Gasteiger partial charge in [-0.15, -0.1) is 0 Å². The van der Waals surface area contributed by atoms with Gasteiger partial charge in [0.05, 0.1) is 6.04 Å². The zero-order chi connectivity index (χ0) is 16.1. The van der Waals surface area contributed by atoms with E-state index in [9.17, 15) is 9.59 Å². The maximum Gasteiger partial charge on any atom is 0.315 e. The number of nitrogens with one attached hydrogen (secondary N) is 2. The lowest BCUT2D eigenvalue weighted by Gasteiger charge is -2.18. The highest BCUT2D eigenvalue weighted by Gasteiger charge is 2.30. The Bertz CT molecular complexity index is 548. The van der Waals surface area contributed by atoms with Crippen molar-refractivity contribution in [3.8, 4) is 0 Å². The van der Waals surface area contributed by atoms with Crippen LogP contribution >= 0.6 is 11.6 Å². The van der Waals surface area contributed by atoms with Crippen LogP contribution in [0.2, 0.25) is 5.02 Å². The standard InChI is InChI=1S/C16H22ClN3O2/c1-11(2)18-16(22)19-14-9-15(21)20(10-14)7-6-12-4-3-5-13(17)8-12/h3-5,8,11,14H,6-7,9-10H2,1-2H3,(H2,18,19,22)/t14-/m1/s1. The number of carbonyl (C=O) groups is 2. The van der Waals surface area contributed by atoms with E-state index < -0.39 is 0 Å². The lowest BCUT2D eigenvalue weighted by atomic mass is 10.1. The van der Waals surface area contributed by atoms with Crippen molar-refractivity contribution < 1.29 is 9.59 Å². The molecular formula is C16H22ClN3O2. The van der Waals surface area contributed by atoms with Crippen LogP contribution in [0.4, 0.5) is 4.79 Å². The Morgan fingerprint density at radius 1 is 1.45 bits per heavy atom. The van der Waals surface area contributed by atoms with Crippen molar-refractivity contribution in [2.45, 2.75) is 38.8 Å². The van der Waals surface area contributed by atoms with Crippen LogP contribution in [0.25, 0.3) is 0 Å². The molecule has 1 aliphatic heterocycles. The summed E-state index contributed by atoms with van der Waals surface area (Å²) in [6.07, 6.45) is 1.12. The van der Waals surface area contributed by atoms with Gasteiger partial charge in [0.15, 0.2) is 0 Å². The first-order chi connectivity index (χ1) is 10.4. The molecule has 120 valence electrons. The Morgan fingerprint density at radius 3 is 2.91 bits per heavy atom. The van der Waals surface area contributed by atoms with Gasteiger partial charge in [-0.25, -0.2) is 4.79 Å². The molecule has 1 heterocycles. The van der Waals surface area contributed by atoms with E-state index in [1.54, 1.807) is 4.90 Å². The van der Waals surface area contributed by atoms with E-state index in [4.69, 9.17) is 11.6 Å². The molecule has 1 aromatic rings. The summed E-state index contributed by atoms with van der Waals surface area (Å²) < 4.78 is 0. The predicted octanol–water partition coefficient (Wildman–Crippen LogP) is 2.19. The summed E-state index contributed by atoms with van der Waals surface area (Å²) in [5.74, 6) is 0.0804. The third kappa shape index (κ3) is 4.91. The number of carbonyl (C=O) groups excluding carboxylic acids is 2. The number of halogens is 1. The third-order valence-electron chi connectivity index (χ3n) is 3.53. The molecule has 1 saturated heterocycles. The number of rotatable bonds is 5. The molecule has 0 radical (unpaired) electrons. The van der Waals surface area contributed by atoms with Gasteiger partial charge in [0.25, 0.3) is 0 Å². The Morgan fingerprint density at radius 2 is 2.23 bits per heavy atom. The Kier molecular flexibility index (Phi) is 5.66. The Balaban J connectivity index is 1.81. The number of benzene rings is 1. The molecule has 0 saturated carbocycles. The summed E-state index contributed by atoms with van der Waals surface area (Å²) in [4.78, 5) is 25.5. The molecule has 22 heavy (non-hydrogen) atoms. The van der Waals surface area contributed by atoms with Gasteiger partial charge in [-0.1, -0.05) is 23.7 Å². The van der Waals surface area contributed by atoms with Crippen LogP contribution in [0.3, 0.4) is 0 Å². The molecule has 1 aliphatic rings. The van der Waals surface area contributed by atoms with Crippen molar-refractivity contribution in [3.63, 3.8) is 0 Å². The van der Waals surface area contributed by atoms with Gasteiger partial charge >= 0.3 is 6.03 Å². The number of amides is 3. The highest BCUT2D eigenvalue weighted by molar-refractivity contribution is 6.30. The van der Waals surface area contributed by atoms with Crippen molar-refractivity contribution in [2.24, 2.45) is 0 Å². The summed E-state index contributed by atoms with van der Waals surface area (Å²) >= 11 is 5.96. The molecule has 3 amide bonds. The molecule has 2 rings (SSSR count). The minimum absolute atomic E-state index is 0.0797. The van der Waals surface area contributed by atoms with Gasteiger partial charge < -0.3 is 15.5 Å². The first-order valence-electron chi connectivity index (χ1n) is 7.53. The van der Waals surface area contributed by atoms with Gasteiger partial charge in [-0.05, 0) is 38.0 Å². The molecule has 1 atom stereocenters. The number of nitrogens with zero attached hydrogens (tertiary/aromatic N) is 1. The second kappa shape index (κ2) is 7.49. The van der Waals surface area contributed by atoms with Crippen molar-refractivity contribution in [2.75, 3.05) is 13.1 Å². The van der Waals surface area contributed by atoms with Crippen molar-refractivity contribution in [3.05, 3.63) is 34.9 Å². The molecule has 0 bridgehead atoms. The number of urea groups is 1. The lowest BCUT2D eigenvalue weighted by molar-refractivity contribution is -0.127. The van der Waals surface area contributed by atoms with Crippen molar-refractivity contribution in [1.82, 2.24) is 15.5 Å². The fraction of sp³-hybridized carbons (Fsp3) is 0.500. The maximum absolute atomic E-state index is 12.0. The van der Waals surface area contributed by atoms with E-state index in [2.05, 4.69) is 10.6 Å². The van der Waals surface area contributed by atoms with Gasteiger partial charge in [0, 0.05) is 30.6 Å². The fourth-order valence-corrected chi connectivity index (χ4v) is 2.74. The van der Waals surface area contributed by atoms with Crippen LogP contribution in [0.1, 0.15) is 25.8 Å². The van der Waals surface area contributed by atoms with Crippen LogP contribution in [0.15, 0.2) is 24.3 Å². The molecule has 0 aromatic heterocycles. The van der Waals surface area contributed by atoms with E-state index in [1.807, 2.05) is 38.1 Å². The second-order valence-electron chi connectivity index (χ2n) is 5.89. The first-order valence-corrected chi connectivity index (χ1v) is 7.91. The molecule has 0 spiro atoms. The van der Waals surface area contributed by atoms with Crippen LogP contribution in [0.5, 0.6) is 0 Å². The van der Waals surface area contributed by atoms with Crippen molar-refractivity contribution in [1.29, 1.82) is 0 Å². The lowest BCUT2D eigenvalue weighted by Crippen LogP contribution is -2.45.